The van der Waals surface area contributed by atoms with Crippen LogP contribution < -0.4 is 5.32 Å². The fraction of sp³-hybridized carbons (Fsp3) is 0.556. The van der Waals surface area contributed by atoms with E-state index >= 15 is 0 Å². The van der Waals surface area contributed by atoms with Crippen molar-refractivity contribution >= 4 is 11.9 Å². The average Bonchev–Trinajstić information content (AvgIpc) is 3.06. The fourth-order valence-electron chi connectivity index (χ4n) is 3.51. The first-order chi connectivity index (χ1) is 11.0. The van der Waals surface area contributed by atoms with E-state index in [-0.39, 0.29) is 11.9 Å². The number of urea groups is 1. The number of nitrogens with one attached hydrogen (secondary N) is 1. The third-order valence-corrected chi connectivity index (χ3v) is 4.84. The Morgan fingerprint density at radius 2 is 1.91 bits per heavy atom. The van der Waals surface area contributed by atoms with Crippen molar-refractivity contribution < 1.29 is 9.59 Å². The zero-order chi connectivity index (χ0) is 16.4. The van der Waals surface area contributed by atoms with Crippen molar-refractivity contribution in [3.63, 3.8) is 0 Å². The van der Waals surface area contributed by atoms with Crippen LogP contribution in [0.15, 0.2) is 30.3 Å². The molecule has 0 radical (unpaired) electrons. The molecule has 1 aromatic carbocycles. The van der Waals surface area contributed by atoms with E-state index in [1.54, 1.807) is 13.8 Å². The molecular formula is C18H25N3O2. The summed E-state index contributed by atoms with van der Waals surface area (Å²) >= 11 is 0. The normalized spacial score (nSPS) is 24.3. The van der Waals surface area contributed by atoms with E-state index in [9.17, 15) is 9.59 Å². The first-order valence-corrected chi connectivity index (χ1v) is 8.39. The lowest BCUT2D eigenvalue weighted by Gasteiger charge is -2.19. The van der Waals surface area contributed by atoms with Gasteiger partial charge in [0.25, 0.3) is 5.91 Å². The summed E-state index contributed by atoms with van der Waals surface area (Å²) in [5.74, 6) is 0.484. The summed E-state index contributed by atoms with van der Waals surface area (Å²) in [7, 11) is 0. The van der Waals surface area contributed by atoms with Crippen LogP contribution in [0.25, 0.3) is 0 Å². The maximum atomic E-state index is 12.1. The van der Waals surface area contributed by atoms with Crippen molar-refractivity contribution in [1.29, 1.82) is 0 Å². The zero-order valence-electron chi connectivity index (χ0n) is 13.9. The highest BCUT2D eigenvalue weighted by Crippen LogP contribution is 2.27. The van der Waals surface area contributed by atoms with Gasteiger partial charge in [-0.3, -0.25) is 9.69 Å². The summed E-state index contributed by atoms with van der Waals surface area (Å²) in [4.78, 5) is 27.8. The van der Waals surface area contributed by atoms with Crippen LogP contribution in [0.1, 0.15) is 38.2 Å². The van der Waals surface area contributed by atoms with Gasteiger partial charge >= 0.3 is 6.03 Å². The van der Waals surface area contributed by atoms with Gasteiger partial charge in [0.1, 0.15) is 5.54 Å². The molecule has 1 N–H and O–H groups in total. The lowest BCUT2D eigenvalue weighted by Crippen LogP contribution is -2.40. The van der Waals surface area contributed by atoms with Crippen LogP contribution in [-0.2, 0) is 4.79 Å². The minimum atomic E-state index is -0.761. The largest absolute Gasteiger partial charge is 0.325 e. The smallest absolute Gasteiger partial charge is 0.324 e. The molecule has 1 aromatic rings. The number of hydrogen-bond donors (Lipinski definition) is 1. The van der Waals surface area contributed by atoms with Gasteiger partial charge in [-0.15, -0.1) is 0 Å². The highest BCUT2D eigenvalue weighted by molar-refractivity contribution is 6.06. The first kappa shape index (κ1) is 16.0. The molecule has 2 fully saturated rings. The van der Waals surface area contributed by atoms with Crippen LogP contribution in [0.2, 0.25) is 0 Å². The van der Waals surface area contributed by atoms with Crippen LogP contribution >= 0.6 is 0 Å². The molecule has 0 aliphatic carbocycles. The van der Waals surface area contributed by atoms with E-state index in [0.717, 1.165) is 26.1 Å². The molecule has 1 unspecified atom stereocenters. The van der Waals surface area contributed by atoms with Crippen LogP contribution in [0.5, 0.6) is 0 Å². The Balaban J connectivity index is 1.46. The highest BCUT2D eigenvalue weighted by atomic mass is 16.2. The van der Waals surface area contributed by atoms with E-state index in [1.807, 2.05) is 0 Å². The van der Waals surface area contributed by atoms with E-state index in [0.29, 0.717) is 12.5 Å². The number of carbonyl (C=O) groups is 2. The molecule has 0 saturated carbocycles. The summed E-state index contributed by atoms with van der Waals surface area (Å²) in [6, 6.07) is 10.4. The van der Waals surface area contributed by atoms with E-state index in [4.69, 9.17) is 0 Å². The molecule has 23 heavy (non-hydrogen) atoms. The third kappa shape index (κ3) is 3.39. The second-order valence-corrected chi connectivity index (χ2v) is 7.06. The summed E-state index contributed by atoms with van der Waals surface area (Å²) < 4.78 is 0. The molecule has 1 atom stereocenters. The molecule has 5 nitrogen and oxygen atoms in total. The average molecular weight is 315 g/mol. The molecule has 3 amide bonds. The van der Waals surface area contributed by atoms with Crippen LogP contribution in [0.3, 0.4) is 0 Å². The van der Waals surface area contributed by atoms with Gasteiger partial charge in [-0.1, -0.05) is 30.3 Å². The van der Waals surface area contributed by atoms with Crippen molar-refractivity contribution in [3.8, 4) is 0 Å². The fourth-order valence-corrected chi connectivity index (χ4v) is 3.51. The molecule has 0 spiro atoms. The van der Waals surface area contributed by atoms with Crippen LogP contribution in [-0.4, -0.2) is 53.5 Å². The molecule has 0 bridgehead atoms. The number of imide groups is 1. The molecule has 5 heteroatoms. The van der Waals surface area contributed by atoms with E-state index in [1.165, 1.54) is 16.9 Å². The number of benzene rings is 1. The quantitative estimate of drug-likeness (QED) is 0.848. The second kappa shape index (κ2) is 6.32. The van der Waals surface area contributed by atoms with E-state index in [2.05, 4.69) is 40.5 Å². The maximum Gasteiger partial charge on any atom is 0.325 e. The molecule has 0 aromatic heterocycles. The standard InChI is InChI=1S/C18H25N3O2/c1-18(2)16(22)21(17(23)19-18)11-6-10-20-12-9-15(13-20)14-7-4-3-5-8-14/h3-5,7-8,15H,6,9-13H2,1-2H3,(H,19,23). The topological polar surface area (TPSA) is 52.7 Å². The minimum absolute atomic E-state index is 0.119. The summed E-state index contributed by atoms with van der Waals surface area (Å²) in [5, 5.41) is 2.72. The predicted molar refractivity (Wildman–Crippen MR) is 89.2 cm³/mol. The van der Waals surface area contributed by atoms with Crippen molar-refractivity contribution in [1.82, 2.24) is 15.1 Å². The number of carbonyl (C=O) groups excluding carboxylic acids is 2. The number of amides is 3. The van der Waals surface area contributed by atoms with Crippen molar-refractivity contribution in [2.24, 2.45) is 0 Å². The number of rotatable bonds is 5. The Morgan fingerprint density at radius 3 is 2.57 bits per heavy atom. The van der Waals surface area contributed by atoms with Crippen molar-refractivity contribution in [2.75, 3.05) is 26.2 Å². The third-order valence-electron chi connectivity index (χ3n) is 4.84. The molecular weight excluding hydrogens is 290 g/mol. The van der Waals surface area contributed by atoms with Crippen molar-refractivity contribution in [3.05, 3.63) is 35.9 Å². The van der Waals surface area contributed by atoms with Gasteiger partial charge in [-0.25, -0.2) is 4.79 Å². The predicted octanol–water partition coefficient (Wildman–Crippen LogP) is 2.20. The van der Waals surface area contributed by atoms with Gasteiger partial charge in [0.05, 0.1) is 0 Å². The van der Waals surface area contributed by atoms with Gasteiger partial charge < -0.3 is 10.2 Å². The van der Waals surface area contributed by atoms with Gasteiger partial charge in [0, 0.05) is 13.1 Å². The Kier molecular flexibility index (Phi) is 4.39. The monoisotopic (exact) mass is 315 g/mol. The lowest BCUT2D eigenvalue weighted by molar-refractivity contribution is -0.130. The molecule has 124 valence electrons. The van der Waals surface area contributed by atoms with E-state index < -0.39 is 5.54 Å². The summed E-state index contributed by atoms with van der Waals surface area (Å²) in [5.41, 5.74) is 0.647. The van der Waals surface area contributed by atoms with Gasteiger partial charge in [0.2, 0.25) is 0 Å². The molecule has 2 saturated heterocycles. The summed E-state index contributed by atoms with van der Waals surface area (Å²) in [6.45, 7) is 7.08. The Morgan fingerprint density at radius 1 is 1.17 bits per heavy atom. The SMILES string of the molecule is CC1(C)NC(=O)N(CCCN2CCC(c3ccccc3)C2)C1=O. The molecule has 2 aliphatic heterocycles. The Bertz CT molecular complexity index is 585. The Labute approximate surface area is 137 Å². The zero-order valence-corrected chi connectivity index (χ0v) is 13.9. The maximum absolute atomic E-state index is 12.1. The van der Waals surface area contributed by atoms with Gasteiger partial charge in [-0.2, -0.15) is 0 Å². The van der Waals surface area contributed by atoms with Gasteiger partial charge in [-0.05, 0) is 51.3 Å². The van der Waals surface area contributed by atoms with Crippen molar-refractivity contribution in [2.45, 2.75) is 38.1 Å². The second-order valence-electron chi connectivity index (χ2n) is 7.06. The first-order valence-electron chi connectivity index (χ1n) is 8.39. The highest BCUT2D eigenvalue weighted by Gasteiger charge is 2.43. The number of likely N-dealkylation sites (tertiary alicyclic amines) is 1. The molecule has 3 rings (SSSR count). The minimum Gasteiger partial charge on any atom is -0.324 e. The molecule has 2 heterocycles. The van der Waals surface area contributed by atoms with Gasteiger partial charge in [0.15, 0.2) is 0 Å². The lowest BCUT2D eigenvalue weighted by atomic mass is 9.99. The molecule has 2 aliphatic rings. The number of hydrogen-bond acceptors (Lipinski definition) is 3. The number of nitrogens with zero attached hydrogens (tertiary/aromatic N) is 2. The van der Waals surface area contributed by atoms with Crippen LogP contribution in [0, 0.1) is 0 Å². The Hall–Kier alpha value is -1.88. The van der Waals surface area contributed by atoms with Crippen LogP contribution in [0.4, 0.5) is 4.79 Å². The summed E-state index contributed by atoms with van der Waals surface area (Å²) in [6.07, 6.45) is 2.01.